The maximum atomic E-state index is 13.1. The number of nitrogens with one attached hydrogen (secondary N) is 1. The van der Waals surface area contributed by atoms with Gasteiger partial charge in [0.05, 0.1) is 0 Å². The summed E-state index contributed by atoms with van der Waals surface area (Å²) in [5, 5.41) is 9.23. The highest BCUT2D eigenvalue weighted by molar-refractivity contribution is 5.77. The number of hydrogen-bond donors (Lipinski definition) is 1. The summed E-state index contributed by atoms with van der Waals surface area (Å²) in [5.74, 6) is 1.06. The summed E-state index contributed by atoms with van der Waals surface area (Å²) < 4.78 is 0. The van der Waals surface area contributed by atoms with Gasteiger partial charge in [-0.05, 0) is 75.8 Å². The van der Waals surface area contributed by atoms with Gasteiger partial charge < -0.3 is 9.88 Å². The van der Waals surface area contributed by atoms with E-state index in [1.807, 2.05) is 19.9 Å². The predicted octanol–water partition coefficient (Wildman–Crippen LogP) is 3.76. The molecule has 3 rings (SSSR count). The number of rotatable bonds is 6. The molecule has 0 atom stereocenters. The standard InChI is InChI=1S/C22H31N3O2/c1-4-16-5-7-17(8-6-16)25(18-9-10-18)21(26)12-11-19-14(2)20(13-23)22(27)24-15(19)3/h16-18H,4-12H2,1-3H3,(H,24,27). The normalized spacial score (nSPS) is 22.3. The van der Waals surface area contributed by atoms with Crippen LogP contribution in [0.5, 0.6) is 0 Å². The lowest BCUT2D eigenvalue weighted by atomic mass is 9.83. The lowest BCUT2D eigenvalue weighted by molar-refractivity contribution is -0.135. The van der Waals surface area contributed by atoms with E-state index in [-0.39, 0.29) is 17.0 Å². The molecule has 27 heavy (non-hydrogen) atoms. The van der Waals surface area contributed by atoms with Gasteiger partial charge in [0.25, 0.3) is 5.56 Å². The van der Waals surface area contributed by atoms with Gasteiger partial charge in [-0.25, -0.2) is 0 Å². The average Bonchev–Trinajstić information content (AvgIpc) is 3.47. The van der Waals surface area contributed by atoms with Crippen molar-refractivity contribution in [1.82, 2.24) is 9.88 Å². The van der Waals surface area contributed by atoms with Crippen LogP contribution in [-0.2, 0) is 11.2 Å². The highest BCUT2D eigenvalue weighted by Gasteiger charge is 2.38. The van der Waals surface area contributed by atoms with Crippen LogP contribution in [0.3, 0.4) is 0 Å². The first kappa shape index (κ1) is 19.7. The Hall–Kier alpha value is -2.09. The van der Waals surface area contributed by atoms with Gasteiger partial charge in [-0.3, -0.25) is 9.59 Å². The summed E-state index contributed by atoms with van der Waals surface area (Å²) in [5.41, 5.74) is 2.25. The molecule has 146 valence electrons. The van der Waals surface area contributed by atoms with Crippen molar-refractivity contribution in [2.45, 2.75) is 90.6 Å². The fourth-order valence-electron chi connectivity index (χ4n) is 4.67. The molecule has 2 aliphatic rings. The number of nitrogens with zero attached hydrogens (tertiary/aromatic N) is 2. The van der Waals surface area contributed by atoms with Gasteiger partial charge in [-0.1, -0.05) is 13.3 Å². The number of carbonyl (C=O) groups excluding carboxylic acids is 1. The summed E-state index contributed by atoms with van der Waals surface area (Å²) in [6, 6.07) is 2.83. The number of nitriles is 1. The maximum Gasteiger partial charge on any atom is 0.266 e. The summed E-state index contributed by atoms with van der Waals surface area (Å²) >= 11 is 0. The lowest BCUT2D eigenvalue weighted by Gasteiger charge is -2.37. The predicted molar refractivity (Wildman–Crippen MR) is 105 cm³/mol. The molecule has 5 heteroatoms. The van der Waals surface area contributed by atoms with Crippen molar-refractivity contribution in [1.29, 1.82) is 5.26 Å². The molecule has 0 aliphatic heterocycles. The SMILES string of the molecule is CCC1CCC(N(C(=O)CCc2c(C)[nH]c(=O)c(C#N)c2C)C2CC2)CC1. The first-order valence-corrected chi connectivity index (χ1v) is 10.4. The molecule has 2 fully saturated rings. The first-order chi connectivity index (χ1) is 13.0. The van der Waals surface area contributed by atoms with Gasteiger partial charge in [0.15, 0.2) is 0 Å². The van der Waals surface area contributed by atoms with Gasteiger partial charge in [0.2, 0.25) is 5.91 Å². The molecule has 0 unspecified atom stereocenters. The highest BCUT2D eigenvalue weighted by atomic mass is 16.2. The van der Waals surface area contributed by atoms with Crippen molar-refractivity contribution < 1.29 is 4.79 Å². The van der Waals surface area contributed by atoms with Crippen LogP contribution in [0.25, 0.3) is 0 Å². The number of hydrogen-bond acceptors (Lipinski definition) is 3. The van der Waals surface area contributed by atoms with Crippen LogP contribution in [0.1, 0.15) is 80.7 Å². The van der Waals surface area contributed by atoms with Crippen molar-refractivity contribution in [3.05, 3.63) is 32.7 Å². The van der Waals surface area contributed by atoms with E-state index in [0.717, 1.165) is 42.9 Å². The number of amides is 1. The second-order valence-corrected chi connectivity index (χ2v) is 8.28. The van der Waals surface area contributed by atoms with E-state index in [0.29, 0.717) is 30.5 Å². The molecule has 0 saturated heterocycles. The molecule has 0 radical (unpaired) electrons. The van der Waals surface area contributed by atoms with Crippen LogP contribution < -0.4 is 5.56 Å². The maximum absolute atomic E-state index is 13.1. The molecule has 0 spiro atoms. The molecule has 0 bridgehead atoms. The molecular formula is C22H31N3O2. The van der Waals surface area contributed by atoms with E-state index in [9.17, 15) is 14.9 Å². The Balaban J connectivity index is 1.69. The minimum Gasteiger partial charge on any atom is -0.337 e. The zero-order valence-electron chi connectivity index (χ0n) is 16.8. The van der Waals surface area contributed by atoms with Gasteiger partial charge in [0.1, 0.15) is 11.6 Å². The minimum atomic E-state index is -0.338. The van der Waals surface area contributed by atoms with Crippen molar-refractivity contribution in [3.8, 4) is 6.07 Å². The zero-order chi connectivity index (χ0) is 19.6. The van der Waals surface area contributed by atoms with Crippen molar-refractivity contribution >= 4 is 5.91 Å². The Morgan fingerprint density at radius 3 is 2.26 bits per heavy atom. The van der Waals surface area contributed by atoms with Crippen LogP contribution >= 0.6 is 0 Å². The Kier molecular flexibility index (Phi) is 6.04. The number of carbonyl (C=O) groups is 1. The second kappa shape index (κ2) is 8.29. The third-order valence-electron chi connectivity index (χ3n) is 6.52. The molecular weight excluding hydrogens is 338 g/mol. The first-order valence-electron chi connectivity index (χ1n) is 10.4. The summed E-state index contributed by atoms with van der Waals surface area (Å²) in [7, 11) is 0. The Morgan fingerprint density at radius 1 is 1.15 bits per heavy atom. The number of aryl methyl sites for hydroxylation is 1. The zero-order valence-corrected chi connectivity index (χ0v) is 16.8. The molecule has 1 heterocycles. The van der Waals surface area contributed by atoms with E-state index in [4.69, 9.17) is 0 Å². The molecule has 1 aromatic rings. The molecule has 1 amide bonds. The fourth-order valence-corrected chi connectivity index (χ4v) is 4.67. The van der Waals surface area contributed by atoms with E-state index < -0.39 is 0 Å². The van der Waals surface area contributed by atoms with Crippen molar-refractivity contribution in [3.63, 3.8) is 0 Å². The van der Waals surface area contributed by atoms with E-state index in [1.165, 1.54) is 19.3 Å². The van der Waals surface area contributed by atoms with E-state index in [2.05, 4.69) is 16.8 Å². The van der Waals surface area contributed by atoms with E-state index in [1.54, 1.807) is 0 Å². The summed E-state index contributed by atoms with van der Waals surface area (Å²) in [6.07, 6.45) is 9.28. The number of pyridine rings is 1. The van der Waals surface area contributed by atoms with Crippen LogP contribution in [0.4, 0.5) is 0 Å². The largest absolute Gasteiger partial charge is 0.337 e. The monoisotopic (exact) mass is 369 g/mol. The molecule has 2 aliphatic carbocycles. The van der Waals surface area contributed by atoms with Gasteiger partial charge in [0, 0.05) is 24.2 Å². The molecule has 1 aromatic heterocycles. The van der Waals surface area contributed by atoms with Gasteiger partial charge >= 0.3 is 0 Å². The Labute approximate surface area is 161 Å². The molecule has 5 nitrogen and oxygen atoms in total. The van der Waals surface area contributed by atoms with E-state index >= 15 is 0 Å². The van der Waals surface area contributed by atoms with Gasteiger partial charge in [-0.15, -0.1) is 0 Å². The number of aromatic amines is 1. The third-order valence-corrected chi connectivity index (χ3v) is 6.52. The topological polar surface area (TPSA) is 77.0 Å². The lowest BCUT2D eigenvalue weighted by Crippen LogP contribution is -2.44. The Morgan fingerprint density at radius 2 is 1.74 bits per heavy atom. The number of H-pyrrole nitrogens is 1. The van der Waals surface area contributed by atoms with Crippen molar-refractivity contribution in [2.75, 3.05) is 0 Å². The van der Waals surface area contributed by atoms with Crippen molar-refractivity contribution in [2.24, 2.45) is 5.92 Å². The van der Waals surface area contributed by atoms with Crippen LogP contribution in [0.2, 0.25) is 0 Å². The number of aromatic nitrogens is 1. The fraction of sp³-hybridized carbons (Fsp3) is 0.682. The highest BCUT2D eigenvalue weighted by Crippen LogP contribution is 2.36. The Bertz CT molecular complexity index is 793. The minimum absolute atomic E-state index is 0.167. The third kappa shape index (κ3) is 4.26. The summed E-state index contributed by atoms with van der Waals surface area (Å²) in [6.45, 7) is 5.92. The second-order valence-electron chi connectivity index (χ2n) is 8.28. The molecule has 2 saturated carbocycles. The van der Waals surface area contributed by atoms with Gasteiger partial charge in [-0.2, -0.15) is 5.26 Å². The quantitative estimate of drug-likeness (QED) is 0.829. The van der Waals surface area contributed by atoms with Crippen LogP contribution in [0.15, 0.2) is 4.79 Å². The van der Waals surface area contributed by atoms with Crippen LogP contribution in [-0.4, -0.2) is 27.9 Å². The molecule has 0 aromatic carbocycles. The summed E-state index contributed by atoms with van der Waals surface area (Å²) in [4.78, 5) is 29.9. The van der Waals surface area contributed by atoms with Crippen LogP contribution in [0, 0.1) is 31.1 Å². The average molecular weight is 370 g/mol. The molecule has 1 N–H and O–H groups in total. The smallest absolute Gasteiger partial charge is 0.266 e.